The highest BCUT2D eigenvalue weighted by Gasteiger charge is 2.11. The normalized spacial score (nSPS) is 12.2. The standard InChI is InChI=1S/C20H19N3O/c1-15(20(24)23-21-14-16-7-3-2-4-8-16)22-19-12-11-17-9-5-6-10-18(17)13-19/h2-15,22H,1H3,(H,23,24)/b21-14+. The second-order valence-electron chi connectivity index (χ2n) is 5.57. The van der Waals surface area contributed by atoms with Gasteiger partial charge in [0.2, 0.25) is 0 Å². The molecule has 3 aromatic rings. The molecule has 1 atom stereocenters. The van der Waals surface area contributed by atoms with E-state index in [1.54, 1.807) is 6.21 Å². The molecule has 0 aromatic heterocycles. The van der Waals surface area contributed by atoms with Gasteiger partial charge < -0.3 is 5.32 Å². The molecule has 1 unspecified atom stereocenters. The van der Waals surface area contributed by atoms with Gasteiger partial charge in [-0.2, -0.15) is 5.10 Å². The summed E-state index contributed by atoms with van der Waals surface area (Å²) >= 11 is 0. The predicted octanol–water partition coefficient (Wildman–Crippen LogP) is 3.79. The highest BCUT2D eigenvalue weighted by atomic mass is 16.2. The highest BCUT2D eigenvalue weighted by Crippen LogP contribution is 2.19. The third-order valence-corrected chi connectivity index (χ3v) is 3.71. The van der Waals surface area contributed by atoms with Gasteiger partial charge in [0.15, 0.2) is 0 Å². The molecule has 0 heterocycles. The van der Waals surface area contributed by atoms with Crippen LogP contribution in [0.15, 0.2) is 77.9 Å². The molecule has 0 saturated carbocycles. The van der Waals surface area contributed by atoms with Crippen LogP contribution in [0.4, 0.5) is 5.69 Å². The monoisotopic (exact) mass is 317 g/mol. The Morgan fingerprint density at radius 1 is 0.958 bits per heavy atom. The number of carbonyl (C=O) groups excluding carboxylic acids is 1. The molecule has 4 nitrogen and oxygen atoms in total. The Labute approximate surface area is 141 Å². The van der Waals surface area contributed by atoms with Crippen molar-refractivity contribution in [2.24, 2.45) is 5.10 Å². The zero-order valence-corrected chi connectivity index (χ0v) is 13.4. The minimum absolute atomic E-state index is 0.185. The van der Waals surface area contributed by atoms with Crippen LogP contribution in [0.3, 0.4) is 0 Å². The second-order valence-corrected chi connectivity index (χ2v) is 5.57. The molecule has 0 spiro atoms. The van der Waals surface area contributed by atoms with Gasteiger partial charge >= 0.3 is 0 Å². The first-order valence-electron chi connectivity index (χ1n) is 7.86. The Kier molecular flexibility index (Phi) is 4.87. The number of anilines is 1. The SMILES string of the molecule is CC(Nc1ccc2ccccc2c1)C(=O)N/N=C/c1ccccc1. The summed E-state index contributed by atoms with van der Waals surface area (Å²) in [6, 6.07) is 23.4. The number of hydrogen-bond acceptors (Lipinski definition) is 3. The van der Waals surface area contributed by atoms with Gasteiger partial charge in [-0.3, -0.25) is 4.79 Å². The van der Waals surface area contributed by atoms with E-state index in [2.05, 4.69) is 28.0 Å². The summed E-state index contributed by atoms with van der Waals surface area (Å²) in [5.41, 5.74) is 4.40. The zero-order chi connectivity index (χ0) is 16.8. The maximum absolute atomic E-state index is 12.1. The highest BCUT2D eigenvalue weighted by molar-refractivity contribution is 5.89. The van der Waals surface area contributed by atoms with Crippen LogP contribution < -0.4 is 10.7 Å². The molecule has 24 heavy (non-hydrogen) atoms. The first-order chi connectivity index (χ1) is 11.7. The van der Waals surface area contributed by atoms with Crippen molar-refractivity contribution in [2.45, 2.75) is 13.0 Å². The average Bonchev–Trinajstić information content (AvgIpc) is 2.62. The Balaban J connectivity index is 1.59. The number of amides is 1. The fourth-order valence-corrected chi connectivity index (χ4v) is 2.40. The lowest BCUT2D eigenvalue weighted by Gasteiger charge is -2.14. The van der Waals surface area contributed by atoms with Crippen LogP contribution in [0.25, 0.3) is 10.8 Å². The van der Waals surface area contributed by atoms with Crippen LogP contribution >= 0.6 is 0 Å². The summed E-state index contributed by atoms with van der Waals surface area (Å²) in [7, 11) is 0. The maximum atomic E-state index is 12.1. The van der Waals surface area contributed by atoms with Crippen LogP contribution in [0.1, 0.15) is 12.5 Å². The van der Waals surface area contributed by atoms with E-state index in [0.717, 1.165) is 16.6 Å². The predicted molar refractivity (Wildman–Crippen MR) is 99.2 cm³/mol. The van der Waals surface area contributed by atoms with Crippen LogP contribution in [-0.2, 0) is 4.79 Å². The van der Waals surface area contributed by atoms with Gasteiger partial charge in [0.1, 0.15) is 6.04 Å². The van der Waals surface area contributed by atoms with Crippen LogP contribution in [0.5, 0.6) is 0 Å². The van der Waals surface area contributed by atoms with Gasteiger partial charge in [0.05, 0.1) is 6.21 Å². The minimum Gasteiger partial charge on any atom is -0.374 e. The quantitative estimate of drug-likeness (QED) is 0.555. The van der Waals surface area contributed by atoms with Crippen LogP contribution in [-0.4, -0.2) is 18.2 Å². The maximum Gasteiger partial charge on any atom is 0.262 e. The van der Waals surface area contributed by atoms with Gasteiger partial charge in [-0.05, 0) is 35.4 Å². The lowest BCUT2D eigenvalue weighted by Crippen LogP contribution is -2.34. The molecule has 0 saturated heterocycles. The molecule has 2 N–H and O–H groups in total. The Bertz CT molecular complexity index is 859. The fourth-order valence-electron chi connectivity index (χ4n) is 2.40. The summed E-state index contributed by atoms with van der Waals surface area (Å²) in [5.74, 6) is -0.185. The largest absolute Gasteiger partial charge is 0.374 e. The third-order valence-electron chi connectivity index (χ3n) is 3.71. The Hall–Kier alpha value is -3.14. The number of carbonyl (C=O) groups is 1. The molecule has 1 amide bonds. The number of benzene rings is 3. The molecule has 0 fully saturated rings. The van der Waals surface area contributed by atoms with Crippen molar-refractivity contribution in [1.82, 2.24) is 5.43 Å². The minimum atomic E-state index is -0.390. The van der Waals surface area contributed by atoms with Gasteiger partial charge in [-0.1, -0.05) is 60.7 Å². The van der Waals surface area contributed by atoms with E-state index in [-0.39, 0.29) is 11.9 Å². The van der Waals surface area contributed by atoms with Crippen LogP contribution in [0.2, 0.25) is 0 Å². The fraction of sp³-hybridized carbons (Fsp3) is 0.100. The number of hydrazone groups is 1. The molecule has 120 valence electrons. The summed E-state index contributed by atoms with van der Waals surface area (Å²) < 4.78 is 0. The number of nitrogens with zero attached hydrogens (tertiary/aromatic N) is 1. The van der Waals surface area contributed by atoms with Crippen molar-refractivity contribution in [3.63, 3.8) is 0 Å². The van der Waals surface area contributed by atoms with E-state index in [1.807, 2.05) is 67.6 Å². The molecular formula is C20H19N3O. The lowest BCUT2D eigenvalue weighted by molar-refractivity contribution is -0.121. The average molecular weight is 317 g/mol. The summed E-state index contributed by atoms with van der Waals surface area (Å²) in [4.78, 5) is 12.1. The Morgan fingerprint density at radius 2 is 1.67 bits per heavy atom. The van der Waals surface area contributed by atoms with E-state index >= 15 is 0 Å². The van der Waals surface area contributed by atoms with Gasteiger partial charge in [0, 0.05) is 5.69 Å². The van der Waals surface area contributed by atoms with E-state index in [4.69, 9.17) is 0 Å². The van der Waals surface area contributed by atoms with Crippen molar-refractivity contribution in [2.75, 3.05) is 5.32 Å². The number of rotatable bonds is 5. The topological polar surface area (TPSA) is 53.5 Å². The number of nitrogens with one attached hydrogen (secondary N) is 2. The molecule has 4 heteroatoms. The number of hydrogen-bond donors (Lipinski definition) is 2. The van der Waals surface area contributed by atoms with Gasteiger partial charge in [-0.25, -0.2) is 5.43 Å². The summed E-state index contributed by atoms with van der Waals surface area (Å²) in [6.45, 7) is 1.81. The van der Waals surface area contributed by atoms with Crippen molar-refractivity contribution in [1.29, 1.82) is 0 Å². The molecule has 0 aliphatic heterocycles. The molecule has 0 aliphatic carbocycles. The lowest BCUT2D eigenvalue weighted by atomic mass is 10.1. The van der Waals surface area contributed by atoms with Crippen molar-refractivity contribution < 1.29 is 4.79 Å². The molecule has 3 rings (SSSR count). The molecule has 3 aromatic carbocycles. The third kappa shape index (κ3) is 3.98. The molecular weight excluding hydrogens is 298 g/mol. The van der Waals surface area contributed by atoms with Crippen molar-refractivity contribution >= 4 is 28.6 Å². The van der Waals surface area contributed by atoms with E-state index in [1.165, 1.54) is 5.39 Å². The first kappa shape index (κ1) is 15.7. The molecule has 0 aliphatic rings. The van der Waals surface area contributed by atoms with Crippen molar-refractivity contribution in [3.8, 4) is 0 Å². The van der Waals surface area contributed by atoms with E-state index in [0.29, 0.717) is 0 Å². The van der Waals surface area contributed by atoms with E-state index < -0.39 is 0 Å². The molecule has 0 bridgehead atoms. The summed E-state index contributed by atoms with van der Waals surface area (Å²) in [5, 5.41) is 9.50. The van der Waals surface area contributed by atoms with Gasteiger partial charge in [0.25, 0.3) is 5.91 Å². The van der Waals surface area contributed by atoms with Crippen molar-refractivity contribution in [3.05, 3.63) is 78.4 Å². The summed E-state index contributed by atoms with van der Waals surface area (Å²) in [6.07, 6.45) is 1.63. The molecule has 0 radical (unpaired) electrons. The van der Waals surface area contributed by atoms with Crippen LogP contribution in [0, 0.1) is 0 Å². The van der Waals surface area contributed by atoms with Gasteiger partial charge in [-0.15, -0.1) is 0 Å². The first-order valence-corrected chi connectivity index (χ1v) is 7.86. The van der Waals surface area contributed by atoms with E-state index in [9.17, 15) is 4.79 Å². The Morgan fingerprint density at radius 3 is 2.46 bits per heavy atom. The number of fused-ring (bicyclic) bond motifs is 1. The smallest absolute Gasteiger partial charge is 0.262 e. The second kappa shape index (κ2) is 7.42. The zero-order valence-electron chi connectivity index (χ0n) is 13.4.